The Kier molecular flexibility index (Phi) is 8.04. The third kappa shape index (κ3) is 5.21. The minimum atomic E-state index is -0.904. The molecule has 8 nitrogen and oxygen atoms in total. The third-order valence-corrected chi connectivity index (χ3v) is 10.7. The van der Waals surface area contributed by atoms with Crippen LogP contribution in [0.4, 0.5) is 19.0 Å². The Morgan fingerprint density at radius 1 is 1.02 bits per heavy atom. The van der Waals surface area contributed by atoms with Gasteiger partial charge in [0.05, 0.1) is 22.2 Å². The average Bonchev–Trinajstić information content (AvgIpc) is 3.44. The van der Waals surface area contributed by atoms with E-state index in [1.165, 1.54) is 13.2 Å². The van der Waals surface area contributed by atoms with Crippen LogP contribution in [0, 0.1) is 24.0 Å². The number of alkyl halides is 1. The van der Waals surface area contributed by atoms with E-state index in [2.05, 4.69) is 15.7 Å². The Bertz CT molecular complexity index is 1950. The summed E-state index contributed by atoms with van der Waals surface area (Å²) in [6.45, 7) is 2.20. The van der Waals surface area contributed by atoms with E-state index in [9.17, 15) is 4.39 Å². The summed E-state index contributed by atoms with van der Waals surface area (Å²) in [4.78, 5) is 19.1. The van der Waals surface area contributed by atoms with Gasteiger partial charge in [-0.15, -0.1) is 6.42 Å². The van der Waals surface area contributed by atoms with E-state index in [1.54, 1.807) is 18.2 Å². The van der Waals surface area contributed by atoms with Crippen molar-refractivity contribution in [3.8, 4) is 35.4 Å². The fraction of sp³-hybridized carbons (Fsp3) is 0.486. The molecule has 0 unspecified atom stereocenters. The van der Waals surface area contributed by atoms with Crippen molar-refractivity contribution in [1.82, 2.24) is 19.9 Å². The Morgan fingerprint density at radius 3 is 2.77 bits per heavy atom. The van der Waals surface area contributed by atoms with E-state index in [-0.39, 0.29) is 42.2 Å². The fourth-order valence-corrected chi connectivity index (χ4v) is 8.50. The number of aromatic nitrogens is 3. The van der Waals surface area contributed by atoms with Gasteiger partial charge in [-0.05, 0) is 68.7 Å². The van der Waals surface area contributed by atoms with Crippen LogP contribution in [0.2, 0.25) is 0 Å². The number of terminal acetylenes is 1. The zero-order chi connectivity index (χ0) is 33.0. The van der Waals surface area contributed by atoms with Crippen LogP contribution < -0.4 is 14.4 Å². The average molecular weight is 658 g/mol. The van der Waals surface area contributed by atoms with Crippen LogP contribution in [-0.2, 0) is 11.2 Å². The number of aryl methyl sites for hydroxylation is 1. The number of anilines is 1. The molecule has 3 atom stereocenters. The molecule has 48 heavy (non-hydrogen) atoms. The van der Waals surface area contributed by atoms with Gasteiger partial charge in [0, 0.05) is 43.6 Å². The Labute approximate surface area is 277 Å². The van der Waals surface area contributed by atoms with Crippen LogP contribution in [-0.4, -0.2) is 77.7 Å². The number of fused-ring (bicyclic) bond motifs is 4. The molecule has 0 spiro atoms. The number of benzene rings is 2. The van der Waals surface area contributed by atoms with Crippen molar-refractivity contribution < 1.29 is 27.4 Å². The summed E-state index contributed by atoms with van der Waals surface area (Å²) in [6, 6.07) is 6.49. The maximum atomic E-state index is 17.3. The lowest BCUT2D eigenvalue weighted by Gasteiger charge is -2.32. The quantitative estimate of drug-likeness (QED) is 0.160. The fourth-order valence-electron chi connectivity index (χ4n) is 8.50. The summed E-state index contributed by atoms with van der Waals surface area (Å²) in [7, 11) is 1.51. The highest BCUT2D eigenvalue weighted by atomic mass is 19.1. The topological polar surface area (TPSA) is 72.8 Å². The van der Waals surface area contributed by atoms with Gasteiger partial charge in [0.2, 0.25) is 0 Å². The molecule has 4 aromatic rings. The second kappa shape index (κ2) is 12.4. The Balaban J connectivity index is 1.33. The second-order valence-electron chi connectivity index (χ2n) is 13.6. The summed E-state index contributed by atoms with van der Waals surface area (Å²) in [5, 5.41) is 1.50. The van der Waals surface area contributed by atoms with Gasteiger partial charge in [-0.3, -0.25) is 4.90 Å². The highest BCUT2D eigenvalue weighted by molar-refractivity contribution is 6.03. The van der Waals surface area contributed by atoms with Crippen molar-refractivity contribution in [1.29, 1.82) is 0 Å². The molecule has 0 saturated carbocycles. The molecule has 250 valence electrons. The second-order valence-corrected chi connectivity index (χ2v) is 13.6. The predicted octanol–water partition coefficient (Wildman–Crippen LogP) is 6.74. The number of pyridine rings is 1. The van der Waals surface area contributed by atoms with Gasteiger partial charge >= 0.3 is 6.01 Å². The minimum Gasteiger partial charge on any atom is -0.468 e. The van der Waals surface area contributed by atoms with Gasteiger partial charge in [0.15, 0.2) is 12.6 Å². The van der Waals surface area contributed by atoms with Gasteiger partial charge in [0.25, 0.3) is 0 Å². The number of halogens is 3. The van der Waals surface area contributed by atoms with Crippen molar-refractivity contribution in [2.45, 2.75) is 75.5 Å². The van der Waals surface area contributed by atoms with Crippen LogP contribution >= 0.6 is 0 Å². The number of methoxy groups -OCH3 is 1. The molecule has 2 aromatic carbocycles. The van der Waals surface area contributed by atoms with Gasteiger partial charge in [-0.1, -0.05) is 24.8 Å². The monoisotopic (exact) mass is 657 g/mol. The largest absolute Gasteiger partial charge is 0.468 e. The van der Waals surface area contributed by atoms with Crippen LogP contribution in [0.25, 0.3) is 32.9 Å². The molecular weight excluding hydrogens is 619 g/mol. The maximum absolute atomic E-state index is 17.3. The lowest BCUT2D eigenvalue weighted by Crippen LogP contribution is -2.43. The van der Waals surface area contributed by atoms with E-state index in [0.717, 1.165) is 58.0 Å². The Morgan fingerprint density at radius 2 is 1.92 bits per heavy atom. The molecule has 4 aliphatic heterocycles. The van der Waals surface area contributed by atoms with Crippen LogP contribution in [0.1, 0.15) is 62.6 Å². The van der Waals surface area contributed by atoms with Crippen LogP contribution in [0.15, 0.2) is 24.3 Å². The molecule has 0 aliphatic carbocycles. The molecule has 2 aromatic heterocycles. The van der Waals surface area contributed by atoms with Crippen molar-refractivity contribution in [2.75, 3.05) is 45.0 Å². The lowest BCUT2D eigenvalue weighted by atomic mass is 9.95. The normalized spacial score (nSPS) is 23.9. The molecular formula is C37H38F3N5O3. The van der Waals surface area contributed by atoms with Gasteiger partial charge in [0.1, 0.15) is 41.4 Å². The van der Waals surface area contributed by atoms with Crippen molar-refractivity contribution in [2.24, 2.45) is 0 Å². The number of ether oxygens (including phenoxy) is 3. The minimum absolute atomic E-state index is 0.00298. The van der Waals surface area contributed by atoms with Crippen LogP contribution in [0.5, 0.6) is 11.8 Å². The summed E-state index contributed by atoms with van der Waals surface area (Å²) in [5.74, 6) is 2.21. The first-order chi connectivity index (χ1) is 23.4. The van der Waals surface area contributed by atoms with Crippen molar-refractivity contribution >= 4 is 27.5 Å². The smallest absolute Gasteiger partial charge is 0.319 e. The van der Waals surface area contributed by atoms with E-state index < -0.39 is 23.3 Å². The van der Waals surface area contributed by atoms with E-state index >= 15 is 8.78 Å². The Hall–Kier alpha value is -4.14. The summed E-state index contributed by atoms with van der Waals surface area (Å²) >= 11 is 0. The number of hydrogen-bond donors (Lipinski definition) is 0. The zero-order valence-corrected chi connectivity index (χ0v) is 27.0. The number of rotatable bonds is 7. The predicted molar refractivity (Wildman–Crippen MR) is 177 cm³/mol. The SMILES string of the molecule is C#Cc1c(F)ccc2cc(OCOC)cc(-c3nc4c5c(nc(OC[C@@]67CCCN6C[C@H](F)C7)nc5c3F)N3CCCCC[C@H]3CC4)c12. The molecule has 4 aliphatic rings. The number of hydrogen-bond acceptors (Lipinski definition) is 8. The van der Waals surface area contributed by atoms with Gasteiger partial charge in [-0.2, -0.15) is 9.97 Å². The van der Waals surface area contributed by atoms with E-state index in [1.807, 2.05) is 0 Å². The standard InChI is InChI=1S/C37H38F3N5O3/c1-3-26-28(39)11-9-22-16-25(48-21-46-2)17-27(30(22)26)33-32(40)34-31-29(41-33)12-10-24-8-5-4-6-15-45(24)35(31)43-36(42-34)47-20-37-13-7-14-44(37)19-23(38)18-37/h1,9,11,16-17,23-24H,4-8,10,12-15,18-21H2,2H3/t23-,24+,37+/m1/s1. The summed E-state index contributed by atoms with van der Waals surface area (Å²) in [6.07, 6.45) is 12.7. The van der Waals surface area contributed by atoms with E-state index in [4.69, 9.17) is 35.6 Å². The first kappa shape index (κ1) is 31.1. The van der Waals surface area contributed by atoms with Crippen LogP contribution in [0.3, 0.4) is 0 Å². The van der Waals surface area contributed by atoms with Gasteiger partial charge in [-0.25, -0.2) is 18.2 Å². The molecule has 8 rings (SSSR count). The van der Waals surface area contributed by atoms with Gasteiger partial charge < -0.3 is 19.1 Å². The highest BCUT2D eigenvalue weighted by Crippen LogP contribution is 2.44. The molecule has 0 amide bonds. The van der Waals surface area contributed by atoms with Crippen molar-refractivity contribution in [3.63, 3.8) is 0 Å². The summed E-state index contributed by atoms with van der Waals surface area (Å²) in [5.41, 5.74) is 0.645. The zero-order valence-electron chi connectivity index (χ0n) is 27.0. The highest BCUT2D eigenvalue weighted by Gasteiger charge is 2.49. The maximum Gasteiger partial charge on any atom is 0.319 e. The van der Waals surface area contributed by atoms with E-state index in [0.29, 0.717) is 58.4 Å². The molecule has 0 bridgehead atoms. The number of nitrogens with zero attached hydrogens (tertiary/aromatic N) is 5. The molecule has 3 saturated heterocycles. The molecule has 3 fully saturated rings. The first-order valence-electron chi connectivity index (χ1n) is 16.9. The third-order valence-electron chi connectivity index (χ3n) is 10.7. The summed E-state index contributed by atoms with van der Waals surface area (Å²) < 4.78 is 64.2. The molecule has 0 radical (unpaired) electrons. The lowest BCUT2D eigenvalue weighted by molar-refractivity contribution is 0.0512. The van der Waals surface area contributed by atoms with Crippen molar-refractivity contribution in [3.05, 3.63) is 47.2 Å². The molecule has 6 heterocycles. The molecule has 11 heteroatoms. The first-order valence-corrected chi connectivity index (χ1v) is 16.9. The molecule has 0 N–H and O–H groups in total.